The number of H-pyrrole nitrogens is 1. The SMILES string of the molecule is CN1C=CC(=C2C3=NC(=C(c4cccc(C(O)=NCCBr)c4)C4=NC(=C(c5cc[n+](C)cc5)C5=NC(=C(c6cccc(C(O)=[NH+]CCBr)c6)c6ccc2[nH]6)C=C5)C=C4)C=C3)C=C1. The third-order valence-electron chi connectivity index (χ3n) is 10.8. The summed E-state index contributed by atoms with van der Waals surface area (Å²) >= 11 is 6.86. The number of nitrogens with one attached hydrogen (secondary N) is 2. The average Bonchev–Trinajstić information content (AvgIpc) is 4.14. The van der Waals surface area contributed by atoms with Crippen LogP contribution in [0, 0.1) is 0 Å². The fourth-order valence-electron chi connectivity index (χ4n) is 7.82. The number of aliphatic imine (C=N–C) groups is 4. The van der Waals surface area contributed by atoms with Crippen LogP contribution >= 0.6 is 31.9 Å². The molecule has 2 aromatic carbocycles. The number of hydrogen-bond donors (Lipinski definition) is 4. The summed E-state index contributed by atoms with van der Waals surface area (Å²) in [5.74, 6) is 0.0701. The first-order valence-electron chi connectivity index (χ1n) is 20.2. The molecule has 9 rings (SSSR count). The summed E-state index contributed by atoms with van der Waals surface area (Å²) in [7, 11) is 4.00. The van der Waals surface area contributed by atoms with Gasteiger partial charge in [0.1, 0.15) is 7.05 Å². The van der Waals surface area contributed by atoms with Crippen LogP contribution in [0.1, 0.15) is 39.2 Å². The van der Waals surface area contributed by atoms with Gasteiger partial charge in [-0.15, -0.1) is 0 Å². The van der Waals surface area contributed by atoms with Crippen molar-refractivity contribution in [2.45, 2.75) is 0 Å². The number of rotatable bonds is 9. The van der Waals surface area contributed by atoms with Crippen molar-refractivity contribution in [1.29, 1.82) is 0 Å². The number of benzene rings is 2. The molecule has 0 atom stereocenters. The molecule has 0 saturated heterocycles. The third-order valence-corrected chi connectivity index (χ3v) is 11.5. The maximum atomic E-state index is 11.1. The van der Waals surface area contributed by atoms with Crippen LogP contribution in [0.3, 0.4) is 0 Å². The minimum absolute atomic E-state index is 0.0297. The first kappa shape index (κ1) is 40.6. The Hall–Kier alpha value is -6.76. The number of hydrogen-bond acceptors (Lipinski definition) is 5. The Bertz CT molecular complexity index is 2950. The fraction of sp³-hybridized carbons (Fsp3) is 0.120. The van der Waals surface area contributed by atoms with E-state index in [9.17, 15) is 10.2 Å². The number of aliphatic hydroxyl groups excluding tert-OH is 2. The molecule has 0 radical (unpaired) electrons. The van der Waals surface area contributed by atoms with Crippen molar-refractivity contribution in [2.75, 3.05) is 30.8 Å². The van der Waals surface area contributed by atoms with E-state index in [-0.39, 0.29) is 11.8 Å². The lowest BCUT2D eigenvalue weighted by Crippen LogP contribution is -2.74. The third kappa shape index (κ3) is 8.18. The lowest BCUT2D eigenvalue weighted by atomic mass is 9.97. The fourth-order valence-corrected chi connectivity index (χ4v) is 8.20. The van der Waals surface area contributed by atoms with Crippen LogP contribution in [0.5, 0.6) is 0 Å². The zero-order valence-corrected chi connectivity index (χ0v) is 37.2. The molecular formula is C50H42Br2N8O2+2. The number of halogens is 2. The molecule has 4 N–H and O–H groups in total. The number of alkyl halides is 2. The van der Waals surface area contributed by atoms with E-state index in [0.29, 0.717) is 34.9 Å². The van der Waals surface area contributed by atoms with E-state index in [1.807, 2.05) is 121 Å². The molecule has 0 saturated carbocycles. The number of aryl methyl sites for hydroxylation is 1. The van der Waals surface area contributed by atoms with Crippen LogP contribution in [0.15, 0.2) is 189 Å². The first-order valence-corrected chi connectivity index (χ1v) is 22.4. The standard InChI is InChI=1S/C50H40Br2N8O2/c1-59-25-17-31(18-26-59)45-37-9-13-41(55-37)47(33-5-3-7-35(29-33)49(61)53-23-21-51)43-15-11-39(57-43)46(32-19-27-60(2)28-20-32)40-12-16-44(58-40)48(42-14-10-38(45)56-42)34-6-4-8-36(30-34)50(62)54-24-22-52/h3-20,25-30H,21-24H2,1-2H3,(H2-,53,54,55,56,57,58,61,62)/p+2. The van der Waals surface area contributed by atoms with Crippen molar-refractivity contribution in [3.63, 3.8) is 0 Å². The van der Waals surface area contributed by atoms with E-state index in [1.54, 1.807) is 0 Å². The second kappa shape index (κ2) is 17.7. The van der Waals surface area contributed by atoms with Crippen LogP contribution in [0.4, 0.5) is 0 Å². The number of allylic oxidation sites excluding steroid dienone is 12. The highest BCUT2D eigenvalue weighted by molar-refractivity contribution is 9.09. The summed E-state index contributed by atoms with van der Waals surface area (Å²) in [6.07, 6.45) is 24.6. The van der Waals surface area contributed by atoms with E-state index < -0.39 is 0 Å². The van der Waals surface area contributed by atoms with Crippen molar-refractivity contribution in [2.24, 2.45) is 27.0 Å². The molecule has 0 fully saturated rings. The molecule has 4 aromatic rings. The number of aromatic nitrogens is 2. The molecule has 2 aromatic heterocycles. The van der Waals surface area contributed by atoms with Gasteiger partial charge in [-0.05, 0) is 107 Å². The summed E-state index contributed by atoms with van der Waals surface area (Å²) in [5.41, 5.74) is 14.6. The minimum atomic E-state index is -0.0297. The van der Waals surface area contributed by atoms with Gasteiger partial charge in [0.05, 0.1) is 51.7 Å². The van der Waals surface area contributed by atoms with Gasteiger partial charge in [-0.1, -0.05) is 56.1 Å². The second-order valence-electron chi connectivity index (χ2n) is 15.0. The van der Waals surface area contributed by atoms with Gasteiger partial charge in [0.15, 0.2) is 18.9 Å². The molecule has 10 nitrogen and oxygen atoms in total. The Morgan fingerprint density at radius 3 is 1.84 bits per heavy atom. The predicted octanol–water partition coefficient (Wildman–Crippen LogP) is 7.67. The molecule has 0 unspecified atom stereocenters. The summed E-state index contributed by atoms with van der Waals surface area (Å²) in [5, 5.41) is 23.4. The van der Waals surface area contributed by atoms with E-state index in [0.717, 1.165) is 90.2 Å². The van der Waals surface area contributed by atoms with Crippen LogP contribution in [-0.2, 0) is 7.05 Å². The van der Waals surface area contributed by atoms with Crippen molar-refractivity contribution in [3.05, 3.63) is 208 Å². The van der Waals surface area contributed by atoms with Gasteiger partial charge >= 0.3 is 5.90 Å². The lowest BCUT2D eigenvalue weighted by molar-refractivity contribution is -0.671. The van der Waals surface area contributed by atoms with Gasteiger partial charge < -0.3 is 20.1 Å². The molecule has 5 aliphatic heterocycles. The van der Waals surface area contributed by atoms with E-state index in [1.165, 1.54) is 0 Å². The van der Waals surface area contributed by atoms with E-state index in [2.05, 4.69) is 95.4 Å². The summed E-state index contributed by atoms with van der Waals surface area (Å²) < 4.78 is 2.00. The lowest BCUT2D eigenvalue weighted by Gasteiger charge is -2.16. The van der Waals surface area contributed by atoms with Gasteiger partial charge in [0.25, 0.3) is 0 Å². The van der Waals surface area contributed by atoms with Crippen LogP contribution in [0.2, 0.25) is 0 Å². The van der Waals surface area contributed by atoms with Crippen LogP contribution < -0.4 is 9.56 Å². The van der Waals surface area contributed by atoms with Crippen molar-refractivity contribution >= 4 is 83.1 Å². The predicted molar refractivity (Wildman–Crippen MR) is 258 cm³/mol. The smallest absolute Gasteiger partial charge is 0.365 e. The Morgan fingerprint density at radius 1 is 0.661 bits per heavy atom. The van der Waals surface area contributed by atoms with E-state index in [4.69, 9.17) is 15.0 Å². The van der Waals surface area contributed by atoms with Crippen molar-refractivity contribution < 1.29 is 19.8 Å². The Balaban J connectivity index is 1.33. The maximum absolute atomic E-state index is 11.1. The monoisotopic (exact) mass is 944 g/mol. The number of pyridine rings is 1. The molecule has 5 aliphatic rings. The summed E-state index contributed by atoms with van der Waals surface area (Å²) in [4.78, 5) is 29.4. The first-order chi connectivity index (χ1) is 30.3. The quantitative estimate of drug-likeness (QED) is 0.0596. The number of fused-ring (bicyclic) bond motifs is 5. The highest BCUT2D eigenvalue weighted by Gasteiger charge is 2.27. The van der Waals surface area contributed by atoms with Crippen LogP contribution in [0.25, 0.3) is 22.3 Å². The van der Waals surface area contributed by atoms with Gasteiger partial charge in [0.2, 0.25) is 5.90 Å². The Morgan fingerprint density at radius 2 is 1.21 bits per heavy atom. The van der Waals surface area contributed by atoms with Gasteiger partial charge in [-0.2, -0.15) is 0 Å². The number of aliphatic hydroxyl groups is 2. The molecule has 0 spiro atoms. The molecule has 0 aliphatic carbocycles. The number of nitrogens with zero attached hydrogens (tertiary/aromatic N) is 6. The van der Waals surface area contributed by atoms with Gasteiger partial charge in [0, 0.05) is 76.2 Å². The highest BCUT2D eigenvalue weighted by atomic mass is 79.9. The minimum Gasteiger partial charge on any atom is -0.493 e. The molecule has 306 valence electrons. The summed E-state index contributed by atoms with van der Waals surface area (Å²) in [6.45, 7) is 1.02. The molecule has 7 heterocycles. The second-order valence-corrected chi connectivity index (χ2v) is 16.5. The normalized spacial score (nSPS) is 17.3. The van der Waals surface area contributed by atoms with Gasteiger partial charge in [-0.3, -0.25) is 4.99 Å². The molecular weight excluding hydrogens is 904 g/mol. The Kier molecular flexibility index (Phi) is 11.6. The Labute approximate surface area is 376 Å². The summed E-state index contributed by atoms with van der Waals surface area (Å²) in [6, 6.07) is 23.9. The van der Waals surface area contributed by atoms with Gasteiger partial charge in [-0.25, -0.2) is 24.5 Å². The average molecular weight is 947 g/mol. The molecule has 12 heteroatoms. The maximum Gasteiger partial charge on any atom is 0.365 e. The molecule has 0 amide bonds. The van der Waals surface area contributed by atoms with Crippen molar-refractivity contribution in [1.82, 2.24) is 9.88 Å². The highest BCUT2D eigenvalue weighted by Crippen LogP contribution is 2.39. The topological polar surface area (TPSA) is 127 Å². The largest absolute Gasteiger partial charge is 0.493 e. The zero-order valence-electron chi connectivity index (χ0n) is 34.0. The molecule has 8 bridgehead atoms. The zero-order chi connectivity index (χ0) is 42.7. The molecule has 62 heavy (non-hydrogen) atoms. The van der Waals surface area contributed by atoms with Crippen LogP contribution in [-0.4, -0.2) is 79.8 Å². The van der Waals surface area contributed by atoms with E-state index >= 15 is 0 Å². The number of aromatic amines is 1. The van der Waals surface area contributed by atoms with Crippen molar-refractivity contribution in [3.8, 4) is 0 Å².